The average molecular weight is 635 g/mol. The van der Waals surface area contributed by atoms with Crippen LogP contribution in [0.4, 0.5) is 5.69 Å². The van der Waals surface area contributed by atoms with Crippen LogP contribution in [0.1, 0.15) is 36.7 Å². The lowest BCUT2D eigenvalue weighted by Gasteiger charge is -2.12. The van der Waals surface area contributed by atoms with E-state index >= 15 is 0 Å². The number of halogens is 3. The van der Waals surface area contributed by atoms with E-state index in [0.29, 0.717) is 31.8 Å². The van der Waals surface area contributed by atoms with Gasteiger partial charge in [0.25, 0.3) is 5.56 Å². The monoisotopic (exact) mass is 632 g/mol. The van der Waals surface area contributed by atoms with Crippen molar-refractivity contribution in [3.8, 4) is 5.75 Å². The molecule has 184 valence electrons. The van der Waals surface area contributed by atoms with Gasteiger partial charge >= 0.3 is 5.69 Å². The number of fused-ring (bicyclic) bond motifs is 1. The van der Waals surface area contributed by atoms with Crippen LogP contribution in [0, 0.1) is 10.1 Å². The first-order chi connectivity index (χ1) is 17.1. The molecule has 0 fully saturated rings. The van der Waals surface area contributed by atoms with Gasteiger partial charge in [-0.05, 0) is 57.9 Å². The highest BCUT2D eigenvalue weighted by atomic mass is 79.9. The number of ether oxygens (including phenoxy) is 1. The lowest BCUT2D eigenvalue weighted by molar-refractivity contribution is -0.386. The van der Waals surface area contributed by atoms with Crippen molar-refractivity contribution in [1.29, 1.82) is 0 Å². The number of hydrogen-bond acceptors (Lipinski definition) is 6. The van der Waals surface area contributed by atoms with E-state index in [1.165, 1.54) is 17.0 Å². The molecule has 1 heterocycles. The summed E-state index contributed by atoms with van der Waals surface area (Å²) in [7, 11) is 0. The summed E-state index contributed by atoms with van der Waals surface area (Å²) in [4.78, 5) is 29.1. The molecule has 0 saturated carbocycles. The Balaban J connectivity index is 1.72. The van der Waals surface area contributed by atoms with Gasteiger partial charge in [0.05, 0.1) is 26.5 Å². The highest BCUT2D eigenvalue weighted by Crippen LogP contribution is 2.36. The molecule has 3 aromatic carbocycles. The van der Waals surface area contributed by atoms with Gasteiger partial charge in [0.1, 0.15) is 12.4 Å². The Morgan fingerprint density at radius 3 is 2.56 bits per heavy atom. The number of nitrogens with zero attached hydrogens (tertiary/aromatic N) is 4. The van der Waals surface area contributed by atoms with Crippen molar-refractivity contribution in [2.75, 3.05) is 0 Å². The van der Waals surface area contributed by atoms with Crippen LogP contribution in [-0.4, -0.2) is 20.8 Å². The Hall–Kier alpha value is -3.08. The maximum Gasteiger partial charge on any atom is 0.312 e. The van der Waals surface area contributed by atoms with Gasteiger partial charge in [0.15, 0.2) is 0 Å². The van der Waals surface area contributed by atoms with Crippen LogP contribution in [0.25, 0.3) is 10.9 Å². The second-order valence-electron chi connectivity index (χ2n) is 8.17. The molecular formula is C25H19Br2ClN4O4. The molecule has 4 aromatic rings. The van der Waals surface area contributed by atoms with E-state index in [1.807, 2.05) is 19.9 Å². The standard InChI is InChI=1S/C25H19Br2ClN4O4/c1-14(2)24-30-21-8-5-17(26)11-19(21)25(33)31(24)29-12-16-9-20(27)23(22(10-16)32(34)35)36-13-15-3-6-18(28)7-4-15/h3-12,14H,13H2,1-2H3. The summed E-state index contributed by atoms with van der Waals surface area (Å²) in [6, 6.07) is 15.3. The molecule has 0 aliphatic carbocycles. The van der Waals surface area contributed by atoms with E-state index in [0.717, 1.165) is 10.0 Å². The minimum Gasteiger partial charge on any atom is -0.481 e. The number of rotatable bonds is 7. The third-order valence-electron chi connectivity index (χ3n) is 5.21. The zero-order valence-electron chi connectivity index (χ0n) is 19.1. The van der Waals surface area contributed by atoms with E-state index in [2.05, 4.69) is 41.9 Å². The summed E-state index contributed by atoms with van der Waals surface area (Å²) >= 11 is 12.7. The second kappa shape index (κ2) is 10.9. The number of hydrogen-bond donors (Lipinski definition) is 0. The van der Waals surface area contributed by atoms with Gasteiger partial charge in [0.2, 0.25) is 5.75 Å². The first kappa shape index (κ1) is 26.0. The van der Waals surface area contributed by atoms with Crippen molar-refractivity contribution in [1.82, 2.24) is 9.66 Å². The van der Waals surface area contributed by atoms with Gasteiger partial charge in [-0.25, -0.2) is 4.98 Å². The fourth-order valence-electron chi connectivity index (χ4n) is 3.46. The molecule has 0 aliphatic rings. The molecule has 0 bridgehead atoms. The van der Waals surface area contributed by atoms with Crippen LogP contribution in [-0.2, 0) is 6.61 Å². The third kappa shape index (κ3) is 5.66. The predicted molar refractivity (Wildman–Crippen MR) is 147 cm³/mol. The summed E-state index contributed by atoms with van der Waals surface area (Å²) in [6.45, 7) is 3.94. The van der Waals surface area contributed by atoms with Gasteiger partial charge in [-0.3, -0.25) is 14.9 Å². The second-order valence-corrected chi connectivity index (χ2v) is 10.4. The van der Waals surface area contributed by atoms with Crippen molar-refractivity contribution < 1.29 is 9.66 Å². The Morgan fingerprint density at radius 2 is 1.89 bits per heavy atom. The molecule has 0 amide bonds. The zero-order valence-corrected chi connectivity index (χ0v) is 23.0. The highest BCUT2D eigenvalue weighted by Gasteiger charge is 2.21. The van der Waals surface area contributed by atoms with Gasteiger partial charge in [-0.1, -0.05) is 53.5 Å². The molecule has 0 radical (unpaired) electrons. The van der Waals surface area contributed by atoms with Crippen molar-refractivity contribution in [3.05, 3.63) is 106 Å². The predicted octanol–water partition coefficient (Wildman–Crippen LogP) is 7.07. The van der Waals surface area contributed by atoms with Crippen molar-refractivity contribution in [2.24, 2.45) is 5.10 Å². The summed E-state index contributed by atoms with van der Waals surface area (Å²) in [5.74, 6) is 0.472. The molecular weight excluding hydrogens is 616 g/mol. The fraction of sp³-hybridized carbons (Fsp3) is 0.160. The van der Waals surface area contributed by atoms with Gasteiger partial charge in [-0.2, -0.15) is 9.78 Å². The lowest BCUT2D eigenvalue weighted by Crippen LogP contribution is -2.23. The lowest BCUT2D eigenvalue weighted by atomic mass is 10.2. The first-order valence-electron chi connectivity index (χ1n) is 10.8. The molecule has 0 aliphatic heterocycles. The van der Waals surface area contributed by atoms with Crippen molar-refractivity contribution in [3.63, 3.8) is 0 Å². The normalized spacial score (nSPS) is 11.5. The number of nitro benzene ring substituents is 1. The van der Waals surface area contributed by atoms with E-state index in [-0.39, 0.29) is 29.5 Å². The molecule has 0 atom stereocenters. The average Bonchev–Trinajstić information content (AvgIpc) is 2.83. The summed E-state index contributed by atoms with van der Waals surface area (Å²) in [5.41, 5.74) is 1.21. The summed E-state index contributed by atoms with van der Waals surface area (Å²) in [6.07, 6.45) is 1.39. The fourth-order valence-corrected chi connectivity index (χ4v) is 4.53. The maximum absolute atomic E-state index is 13.2. The van der Waals surface area contributed by atoms with Gasteiger partial charge in [0, 0.05) is 27.0 Å². The molecule has 0 unspecified atom stereocenters. The van der Waals surface area contributed by atoms with Crippen molar-refractivity contribution >= 4 is 66.3 Å². The van der Waals surface area contributed by atoms with E-state index in [9.17, 15) is 14.9 Å². The molecule has 11 heteroatoms. The zero-order chi connectivity index (χ0) is 26.0. The molecule has 8 nitrogen and oxygen atoms in total. The van der Waals surface area contributed by atoms with Crippen LogP contribution in [0.3, 0.4) is 0 Å². The molecule has 0 spiro atoms. The molecule has 0 saturated heterocycles. The van der Waals surface area contributed by atoms with Crippen LogP contribution in [0.5, 0.6) is 5.75 Å². The topological polar surface area (TPSA) is 99.6 Å². The Labute approximate surface area is 228 Å². The molecule has 4 rings (SSSR count). The number of aromatic nitrogens is 2. The van der Waals surface area contributed by atoms with Crippen molar-refractivity contribution in [2.45, 2.75) is 26.4 Å². The van der Waals surface area contributed by atoms with E-state index in [4.69, 9.17) is 16.3 Å². The Morgan fingerprint density at radius 1 is 1.17 bits per heavy atom. The molecule has 36 heavy (non-hydrogen) atoms. The van der Waals surface area contributed by atoms with Crippen LogP contribution in [0.15, 0.2) is 73.4 Å². The Kier molecular flexibility index (Phi) is 7.87. The van der Waals surface area contributed by atoms with Gasteiger partial charge in [-0.15, -0.1) is 0 Å². The maximum atomic E-state index is 13.2. The van der Waals surface area contributed by atoms with Crippen LogP contribution >= 0.6 is 43.5 Å². The smallest absolute Gasteiger partial charge is 0.312 e. The SMILES string of the molecule is CC(C)c1nc2ccc(Br)cc2c(=O)n1N=Cc1cc(Br)c(OCc2ccc(Cl)cc2)c([N+](=O)[O-])c1. The minimum absolute atomic E-state index is 0.0874. The minimum atomic E-state index is -0.528. The largest absolute Gasteiger partial charge is 0.481 e. The Bertz CT molecular complexity index is 1550. The van der Waals surface area contributed by atoms with Crippen LogP contribution in [0.2, 0.25) is 5.02 Å². The highest BCUT2D eigenvalue weighted by molar-refractivity contribution is 9.10. The molecule has 1 aromatic heterocycles. The number of nitro groups is 1. The molecule has 0 N–H and O–H groups in total. The summed E-state index contributed by atoms with van der Waals surface area (Å²) < 4.78 is 8.11. The number of benzene rings is 3. The van der Waals surface area contributed by atoms with Crippen LogP contribution < -0.4 is 10.3 Å². The quantitative estimate of drug-likeness (QED) is 0.123. The van der Waals surface area contributed by atoms with Gasteiger partial charge < -0.3 is 4.74 Å². The van der Waals surface area contributed by atoms with E-state index < -0.39 is 4.92 Å². The summed E-state index contributed by atoms with van der Waals surface area (Å²) in [5, 5.41) is 17.2. The van der Waals surface area contributed by atoms with E-state index in [1.54, 1.807) is 42.5 Å². The first-order valence-corrected chi connectivity index (χ1v) is 12.7. The third-order valence-corrected chi connectivity index (χ3v) is 6.55.